The summed E-state index contributed by atoms with van der Waals surface area (Å²) >= 11 is 0. The Kier molecular flexibility index (Phi) is 5.93. The second-order valence-corrected chi connectivity index (χ2v) is 7.37. The fraction of sp³-hybridized carbons (Fsp3) is 0.273. The van der Waals surface area contributed by atoms with Crippen molar-refractivity contribution in [1.82, 2.24) is 9.55 Å². The highest BCUT2D eigenvalue weighted by Gasteiger charge is 2.18. The second kappa shape index (κ2) is 8.81. The van der Waals surface area contributed by atoms with Gasteiger partial charge >= 0.3 is 5.97 Å². The van der Waals surface area contributed by atoms with Gasteiger partial charge in [-0.1, -0.05) is 6.42 Å². The molecule has 4 rings (SSSR count). The monoisotopic (exact) mass is 445 g/mol. The van der Waals surface area contributed by atoms with Crippen molar-refractivity contribution in [2.75, 3.05) is 11.9 Å². The molecule has 2 aromatic carbocycles. The summed E-state index contributed by atoms with van der Waals surface area (Å²) in [6, 6.07) is 5.80. The molecule has 0 radical (unpaired) electrons. The van der Waals surface area contributed by atoms with Crippen LogP contribution < -0.4 is 10.9 Å². The number of amides is 1. The largest absolute Gasteiger partial charge is 0.452 e. The summed E-state index contributed by atoms with van der Waals surface area (Å²) in [4.78, 5) is 41.5. The van der Waals surface area contributed by atoms with Crippen LogP contribution in [-0.4, -0.2) is 28.0 Å². The standard InChI is InChI=1S/C22H18F3N3O4/c23-14-7-8-15(20(25)19(14)24)27-18(29)11-32-22(31)12-5-6-13-16(10-12)26-17-4-2-1-3-9-28(17)21(13)30/h5-8,10H,1-4,9,11H2,(H,27,29). The van der Waals surface area contributed by atoms with E-state index < -0.39 is 41.6 Å². The molecule has 1 aromatic heterocycles. The quantitative estimate of drug-likeness (QED) is 0.492. The van der Waals surface area contributed by atoms with Gasteiger partial charge in [0.25, 0.3) is 11.5 Å². The number of anilines is 1. The van der Waals surface area contributed by atoms with Crippen LogP contribution in [-0.2, 0) is 22.5 Å². The minimum Gasteiger partial charge on any atom is -0.452 e. The van der Waals surface area contributed by atoms with Gasteiger partial charge in [0.15, 0.2) is 24.1 Å². The molecule has 0 saturated heterocycles. The number of carbonyl (C=O) groups is 2. The molecular formula is C22H18F3N3O4. The number of aryl methyl sites for hydroxylation is 1. The summed E-state index contributed by atoms with van der Waals surface area (Å²) in [5.41, 5.74) is -0.318. The van der Waals surface area contributed by atoms with Crippen LogP contribution in [0.4, 0.5) is 18.9 Å². The first-order chi connectivity index (χ1) is 15.3. The number of nitrogens with zero attached hydrogens (tertiary/aromatic N) is 2. The van der Waals surface area contributed by atoms with E-state index in [1.54, 1.807) is 4.57 Å². The maximum absolute atomic E-state index is 13.6. The molecule has 1 N–H and O–H groups in total. The molecule has 166 valence electrons. The lowest BCUT2D eigenvalue weighted by molar-refractivity contribution is -0.119. The molecule has 1 aliphatic rings. The van der Waals surface area contributed by atoms with Gasteiger partial charge in [0.1, 0.15) is 5.82 Å². The Morgan fingerprint density at radius 1 is 1.06 bits per heavy atom. The summed E-state index contributed by atoms with van der Waals surface area (Å²) in [5, 5.41) is 2.38. The summed E-state index contributed by atoms with van der Waals surface area (Å²) < 4.78 is 46.4. The van der Waals surface area contributed by atoms with Gasteiger partial charge in [-0.05, 0) is 43.2 Å². The maximum atomic E-state index is 13.6. The van der Waals surface area contributed by atoms with E-state index in [1.807, 2.05) is 5.32 Å². The zero-order chi connectivity index (χ0) is 22.8. The average Bonchev–Trinajstić information content (AvgIpc) is 3.03. The molecule has 0 atom stereocenters. The van der Waals surface area contributed by atoms with Crippen LogP contribution in [0.2, 0.25) is 0 Å². The van der Waals surface area contributed by atoms with Gasteiger partial charge in [-0.25, -0.2) is 22.9 Å². The van der Waals surface area contributed by atoms with E-state index in [1.165, 1.54) is 18.2 Å². The molecule has 0 aliphatic carbocycles. The van der Waals surface area contributed by atoms with E-state index in [2.05, 4.69) is 4.98 Å². The summed E-state index contributed by atoms with van der Waals surface area (Å²) in [7, 11) is 0. The molecule has 32 heavy (non-hydrogen) atoms. The van der Waals surface area contributed by atoms with Crippen molar-refractivity contribution in [3.05, 3.63) is 69.5 Å². The molecule has 1 amide bonds. The number of esters is 1. The van der Waals surface area contributed by atoms with Gasteiger partial charge in [-0.3, -0.25) is 14.2 Å². The zero-order valence-electron chi connectivity index (χ0n) is 16.8. The highest BCUT2D eigenvalue weighted by atomic mass is 19.2. The smallest absolute Gasteiger partial charge is 0.338 e. The lowest BCUT2D eigenvalue weighted by Gasteiger charge is -2.11. The van der Waals surface area contributed by atoms with Crippen LogP contribution in [0.5, 0.6) is 0 Å². The first-order valence-corrected chi connectivity index (χ1v) is 9.99. The Labute approximate surface area is 179 Å². The number of ether oxygens (including phenoxy) is 1. The predicted molar refractivity (Wildman–Crippen MR) is 109 cm³/mol. The van der Waals surface area contributed by atoms with Crippen molar-refractivity contribution in [3.63, 3.8) is 0 Å². The summed E-state index contributed by atoms with van der Waals surface area (Å²) in [5.74, 6) is -5.81. The lowest BCUT2D eigenvalue weighted by atomic mass is 10.1. The van der Waals surface area contributed by atoms with Crippen LogP contribution in [0.3, 0.4) is 0 Å². The molecule has 7 nitrogen and oxygen atoms in total. The normalized spacial score (nSPS) is 13.3. The first kappa shape index (κ1) is 21.5. The third-order valence-electron chi connectivity index (χ3n) is 5.20. The molecule has 1 aliphatic heterocycles. The number of rotatable bonds is 4. The Bertz CT molecular complexity index is 1290. The SMILES string of the molecule is O=C(COC(=O)c1ccc2c(=O)n3c(nc2c1)CCCCC3)Nc1ccc(F)c(F)c1F. The number of benzene rings is 2. The highest BCUT2D eigenvalue weighted by Crippen LogP contribution is 2.20. The van der Waals surface area contributed by atoms with Gasteiger partial charge in [0.2, 0.25) is 0 Å². The van der Waals surface area contributed by atoms with Crippen LogP contribution in [0.1, 0.15) is 35.4 Å². The first-order valence-electron chi connectivity index (χ1n) is 9.99. The van der Waals surface area contributed by atoms with Crippen molar-refractivity contribution >= 4 is 28.5 Å². The second-order valence-electron chi connectivity index (χ2n) is 7.37. The van der Waals surface area contributed by atoms with E-state index in [-0.39, 0.29) is 11.1 Å². The predicted octanol–water partition coefficient (Wildman–Crippen LogP) is 3.34. The summed E-state index contributed by atoms with van der Waals surface area (Å²) in [6.45, 7) is -0.176. The van der Waals surface area contributed by atoms with Crippen molar-refractivity contribution < 1.29 is 27.5 Å². The van der Waals surface area contributed by atoms with Crippen LogP contribution >= 0.6 is 0 Å². The minimum absolute atomic E-state index is 0.0785. The van der Waals surface area contributed by atoms with Crippen LogP contribution in [0.15, 0.2) is 35.1 Å². The fourth-order valence-corrected chi connectivity index (χ4v) is 3.57. The molecule has 2 heterocycles. The van der Waals surface area contributed by atoms with Crippen molar-refractivity contribution in [2.24, 2.45) is 0 Å². The van der Waals surface area contributed by atoms with E-state index in [0.29, 0.717) is 35.8 Å². The van der Waals surface area contributed by atoms with E-state index in [9.17, 15) is 27.6 Å². The van der Waals surface area contributed by atoms with Gasteiger partial charge in [-0.2, -0.15) is 0 Å². The number of nitrogens with one attached hydrogen (secondary N) is 1. The Morgan fingerprint density at radius 3 is 2.69 bits per heavy atom. The third kappa shape index (κ3) is 4.20. The number of fused-ring (bicyclic) bond motifs is 2. The zero-order valence-corrected chi connectivity index (χ0v) is 16.8. The van der Waals surface area contributed by atoms with Gasteiger partial charge in [0, 0.05) is 13.0 Å². The maximum Gasteiger partial charge on any atom is 0.338 e. The van der Waals surface area contributed by atoms with Crippen molar-refractivity contribution in [2.45, 2.75) is 32.2 Å². The molecule has 0 fully saturated rings. The van der Waals surface area contributed by atoms with Gasteiger partial charge < -0.3 is 10.1 Å². The number of halogens is 3. The van der Waals surface area contributed by atoms with E-state index >= 15 is 0 Å². The van der Waals surface area contributed by atoms with E-state index in [0.717, 1.165) is 25.3 Å². The van der Waals surface area contributed by atoms with Gasteiger partial charge in [0.05, 0.1) is 22.2 Å². The summed E-state index contributed by atoms with van der Waals surface area (Å²) in [6.07, 6.45) is 3.50. The lowest BCUT2D eigenvalue weighted by Crippen LogP contribution is -2.25. The molecular weight excluding hydrogens is 427 g/mol. The average molecular weight is 445 g/mol. The Balaban J connectivity index is 1.47. The van der Waals surface area contributed by atoms with E-state index in [4.69, 9.17) is 4.74 Å². The minimum atomic E-state index is -1.72. The van der Waals surface area contributed by atoms with Gasteiger partial charge in [-0.15, -0.1) is 0 Å². The molecule has 0 unspecified atom stereocenters. The molecule has 0 saturated carbocycles. The molecule has 0 bridgehead atoms. The highest BCUT2D eigenvalue weighted by molar-refractivity contribution is 5.97. The third-order valence-corrected chi connectivity index (χ3v) is 5.20. The number of carbonyl (C=O) groups excluding carboxylic acids is 2. The number of hydrogen-bond acceptors (Lipinski definition) is 5. The molecule has 0 spiro atoms. The van der Waals surface area contributed by atoms with Crippen LogP contribution in [0.25, 0.3) is 10.9 Å². The van der Waals surface area contributed by atoms with Crippen LogP contribution in [0, 0.1) is 17.5 Å². The van der Waals surface area contributed by atoms with Crippen molar-refractivity contribution in [1.29, 1.82) is 0 Å². The van der Waals surface area contributed by atoms with Crippen molar-refractivity contribution in [3.8, 4) is 0 Å². The molecule has 3 aromatic rings. The number of aromatic nitrogens is 2. The molecule has 10 heteroatoms. The number of hydrogen-bond donors (Lipinski definition) is 1. The topological polar surface area (TPSA) is 90.3 Å². The Hall–Kier alpha value is -3.69. The Morgan fingerprint density at radius 2 is 1.88 bits per heavy atom. The fourth-order valence-electron chi connectivity index (χ4n) is 3.57.